The summed E-state index contributed by atoms with van der Waals surface area (Å²) in [6, 6.07) is 0. The van der Waals surface area contributed by atoms with E-state index < -0.39 is 0 Å². The molecule has 1 aromatic rings. The largest absolute Gasteiger partial charge is 0.383 e. The topological polar surface area (TPSA) is 51.8 Å². The van der Waals surface area contributed by atoms with Crippen molar-refractivity contribution in [1.82, 2.24) is 9.97 Å². The minimum absolute atomic E-state index is 0.00576. The SMILES string of the molecule is CC(C)(C)c1nc(CC2CC2)nc(N)c1Br. The van der Waals surface area contributed by atoms with E-state index >= 15 is 0 Å². The smallest absolute Gasteiger partial charge is 0.141 e. The predicted octanol–water partition coefficient (Wildman–Crippen LogP) is 3.07. The third-order valence-electron chi connectivity index (χ3n) is 2.80. The van der Waals surface area contributed by atoms with Crippen LogP contribution in [0, 0.1) is 5.92 Å². The Kier molecular flexibility index (Phi) is 2.95. The first-order chi connectivity index (χ1) is 7.38. The Labute approximate surface area is 105 Å². The zero-order valence-electron chi connectivity index (χ0n) is 10.0. The Hall–Kier alpha value is -0.640. The van der Waals surface area contributed by atoms with Gasteiger partial charge in [0.1, 0.15) is 11.6 Å². The lowest BCUT2D eigenvalue weighted by atomic mass is 9.92. The van der Waals surface area contributed by atoms with E-state index in [4.69, 9.17) is 5.73 Å². The minimum atomic E-state index is -0.00576. The van der Waals surface area contributed by atoms with Crippen molar-refractivity contribution in [2.75, 3.05) is 5.73 Å². The van der Waals surface area contributed by atoms with Crippen molar-refractivity contribution in [1.29, 1.82) is 0 Å². The number of nitrogens with two attached hydrogens (primary N) is 1. The second-order valence-electron chi connectivity index (χ2n) is 5.59. The van der Waals surface area contributed by atoms with Crippen LogP contribution in [0.3, 0.4) is 0 Å². The Morgan fingerprint density at radius 3 is 2.44 bits per heavy atom. The molecule has 1 heterocycles. The van der Waals surface area contributed by atoms with E-state index in [0.29, 0.717) is 5.82 Å². The van der Waals surface area contributed by atoms with Crippen molar-refractivity contribution in [2.24, 2.45) is 5.92 Å². The number of rotatable bonds is 2. The molecule has 4 heteroatoms. The van der Waals surface area contributed by atoms with Crippen LogP contribution < -0.4 is 5.73 Å². The molecule has 0 unspecified atom stereocenters. The summed E-state index contributed by atoms with van der Waals surface area (Å²) in [5, 5.41) is 0. The van der Waals surface area contributed by atoms with Crippen LogP contribution in [0.1, 0.15) is 45.1 Å². The van der Waals surface area contributed by atoms with Crippen molar-refractivity contribution in [2.45, 2.75) is 45.4 Å². The summed E-state index contributed by atoms with van der Waals surface area (Å²) in [5.41, 5.74) is 6.92. The summed E-state index contributed by atoms with van der Waals surface area (Å²) in [5.74, 6) is 2.25. The fraction of sp³-hybridized carbons (Fsp3) is 0.667. The fourth-order valence-corrected chi connectivity index (χ4v) is 2.45. The molecule has 88 valence electrons. The minimum Gasteiger partial charge on any atom is -0.383 e. The number of nitrogens with zero attached hydrogens (tertiary/aromatic N) is 2. The van der Waals surface area contributed by atoms with Crippen molar-refractivity contribution in [3.8, 4) is 0 Å². The van der Waals surface area contributed by atoms with Gasteiger partial charge in [-0.2, -0.15) is 0 Å². The number of hydrogen-bond donors (Lipinski definition) is 1. The van der Waals surface area contributed by atoms with Gasteiger partial charge in [-0.15, -0.1) is 0 Å². The fourth-order valence-electron chi connectivity index (χ4n) is 1.68. The van der Waals surface area contributed by atoms with Crippen molar-refractivity contribution in [3.63, 3.8) is 0 Å². The van der Waals surface area contributed by atoms with E-state index in [2.05, 4.69) is 46.7 Å². The number of halogens is 1. The molecule has 0 amide bonds. The van der Waals surface area contributed by atoms with Crippen LogP contribution in [0.25, 0.3) is 0 Å². The van der Waals surface area contributed by atoms with E-state index in [0.717, 1.165) is 28.3 Å². The predicted molar refractivity (Wildman–Crippen MR) is 69.3 cm³/mol. The Morgan fingerprint density at radius 2 is 1.94 bits per heavy atom. The lowest BCUT2D eigenvalue weighted by molar-refractivity contribution is 0.556. The van der Waals surface area contributed by atoms with Gasteiger partial charge < -0.3 is 5.73 Å². The summed E-state index contributed by atoms with van der Waals surface area (Å²) in [6.07, 6.45) is 3.59. The van der Waals surface area contributed by atoms with Crippen molar-refractivity contribution < 1.29 is 0 Å². The molecule has 0 aliphatic heterocycles. The maximum Gasteiger partial charge on any atom is 0.141 e. The van der Waals surface area contributed by atoms with Crippen molar-refractivity contribution in [3.05, 3.63) is 16.0 Å². The summed E-state index contributed by atoms with van der Waals surface area (Å²) in [7, 11) is 0. The molecule has 1 aromatic heterocycles. The molecule has 1 fully saturated rings. The molecule has 0 atom stereocenters. The molecule has 0 aromatic carbocycles. The maximum atomic E-state index is 5.92. The summed E-state index contributed by atoms with van der Waals surface area (Å²) < 4.78 is 0.847. The lowest BCUT2D eigenvalue weighted by Crippen LogP contribution is -2.18. The van der Waals surface area contributed by atoms with Crippen molar-refractivity contribution >= 4 is 21.7 Å². The van der Waals surface area contributed by atoms with Crippen LogP contribution >= 0.6 is 15.9 Å². The molecule has 0 saturated heterocycles. The van der Waals surface area contributed by atoms with Crippen LogP contribution in [-0.2, 0) is 11.8 Å². The number of anilines is 1. The van der Waals surface area contributed by atoms with Crippen LogP contribution in [0.4, 0.5) is 5.82 Å². The summed E-state index contributed by atoms with van der Waals surface area (Å²) >= 11 is 3.48. The zero-order valence-corrected chi connectivity index (χ0v) is 11.6. The maximum absolute atomic E-state index is 5.92. The highest BCUT2D eigenvalue weighted by molar-refractivity contribution is 9.10. The van der Waals surface area contributed by atoms with Gasteiger partial charge in [-0.25, -0.2) is 9.97 Å². The standard InChI is InChI=1S/C12H18BrN3/c1-12(2,3)10-9(13)11(14)16-8(15-10)6-7-4-5-7/h7H,4-6H2,1-3H3,(H2,14,15,16). The third-order valence-corrected chi connectivity index (χ3v) is 3.58. The van der Waals surface area contributed by atoms with E-state index in [1.807, 2.05) is 0 Å². The molecule has 2 N–H and O–H groups in total. The van der Waals surface area contributed by atoms with Gasteiger partial charge in [-0.3, -0.25) is 0 Å². The highest BCUT2D eigenvalue weighted by atomic mass is 79.9. The van der Waals surface area contributed by atoms with Gasteiger partial charge in [-0.1, -0.05) is 20.8 Å². The summed E-state index contributed by atoms with van der Waals surface area (Å²) in [4.78, 5) is 8.99. The Morgan fingerprint density at radius 1 is 1.31 bits per heavy atom. The monoisotopic (exact) mass is 283 g/mol. The first kappa shape index (κ1) is 11.8. The quantitative estimate of drug-likeness (QED) is 0.908. The molecule has 16 heavy (non-hydrogen) atoms. The number of hydrogen-bond acceptors (Lipinski definition) is 3. The van der Waals surface area contributed by atoms with E-state index in [1.54, 1.807) is 0 Å². The van der Waals surface area contributed by atoms with Gasteiger partial charge in [-0.05, 0) is 34.7 Å². The van der Waals surface area contributed by atoms with Crippen LogP contribution in [0.15, 0.2) is 4.47 Å². The van der Waals surface area contributed by atoms with E-state index in [-0.39, 0.29) is 5.41 Å². The average molecular weight is 284 g/mol. The molecule has 0 bridgehead atoms. The van der Waals surface area contributed by atoms with Gasteiger partial charge >= 0.3 is 0 Å². The van der Waals surface area contributed by atoms with Gasteiger partial charge in [0.2, 0.25) is 0 Å². The highest BCUT2D eigenvalue weighted by Crippen LogP contribution is 2.35. The first-order valence-electron chi connectivity index (χ1n) is 5.70. The molecule has 1 aliphatic rings. The second-order valence-corrected chi connectivity index (χ2v) is 6.38. The molecule has 2 rings (SSSR count). The Bertz CT molecular complexity index is 405. The normalized spacial score (nSPS) is 16.5. The summed E-state index contributed by atoms with van der Waals surface area (Å²) in [6.45, 7) is 6.42. The molecule has 3 nitrogen and oxygen atoms in total. The Balaban J connectivity index is 2.38. The molecule has 0 radical (unpaired) electrons. The van der Waals surface area contributed by atoms with Gasteiger partial charge in [0, 0.05) is 11.8 Å². The first-order valence-corrected chi connectivity index (χ1v) is 6.49. The second kappa shape index (κ2) is 3.99. The molecule has 0 spiro atoms. The molecular weight excluding hydrogens is 266 g/mol. The zero-order chi connectivity index (χ0) is 11.9. The average Bonchev–Trinajstić information content (AvgIpc) is 2.93. The number of nitrogen functional groups attached to an aromatic ring is 1. The highest BCUT2D eigenvalue weighted by Gasteiger charge is 2.26. The van der Waals surface area contributed by atoms with Gasteiger partial charge in [0.05, 0.1) is 10.2 Å². The van der Waals surface area contributed by atoms with E-state index in [9.17, 15) is 0 Å². The third kappa shape index (κ3) is 2.54. The molecule has 1 aliphatic carbocycles. The van der Waals surface area contributed by atoms with Crippen LogP contribution in [0.2, 0.25) is 0 Å². The van der Waals surface area contributed by atoms with Gasteiger partial charge in [0.25, 0.3) is 0 Å². The van der Waals surface area contributed by atoms with Crippen LogP contribution in [-0.4, -0.2) is 9.97 Å². The number of aromatic nitrogens is 2. The lowest BCUT2D eigenvalue weighted by Gasteiger charge is -2.20. The van der Waals surface area contributed by atoms with Crippen LogP contribution in [0.5, 0.6) is 0 Å². The van der Waals surface area contributed by atoms with Gasteiger partial charge in [0.15, 0.2) is 0 Å². The van der Waals surface area contributed by atoms with E-state index in [1.165, 1.54) is 12.8 Å². The molecular formula is C12H18BrN3. The molecule has 1 saturated carbocycles.